The summed E-state index contributed by atoms with van der Waals surface area (Å²) in [6.07, 6.45) is 9.18. The Balaban J connectivity index is 0.00000153. The second-order valence-electron chi connectivity index (χ2n) is 8.06. The number of amides is 1. The number of piperidine rings is 1. The molecule has 2 aliphatic heterocycles. The van der Waals surface area contributed by atoms with Crippen LogP contribution in [0.15, 0.2) is 65.5 Å². The van der Waals surface area contributed by atoms with Gasteiger partial charge in [0, 0.05) is 29.9 Å². The van der Waals surface area contributed by atoms with Crippen LogP contribution in [0.4, 0.5) is 0 Å². The number of carbonyl (C=O) groups excluding carboxylic acids is 1. The van der Waals surface area contributed by atoms with Crippen LogP contribution in [0.25, 0.3) is 17.1 Å². The van der Waals surface area contributed by atoms with Crippen molar-refractivity contribution in [2.45, 2.75) is 25.3 Å². The molecule has 3 N–H and O–H groups in total. The van der Waals surface area contributed by atoms with Crippen molar-refractivity contribution in [2.24, 2.45) is 4.99 Å². The van der Waals surface area contributed by atoms with Crippen molar-refractivity contribution < 1.29 is 4.79 Å². The molecular weight excluding hydrogens is 459 g/mol. The lowest BCUT2D eigenvalue weighted by atomic mass is 10.0. The summed E-state index contributed by atoms with van der Waals surface area (Å²) < 4.78 is 0. The van der Waals surface area contributed by atoms with E-state index in [0.29, 0.717) is 11.7 Å². The number of nitrogens with zero attached hydrogens (tertiary/aromatic N) is 3. The molecule has 0 radical (unpaired) electrons. The summed E-state index contributed by atoms with van der Waals surface area (Å²) in [6.45, 7) is 3.11. The first-order valence-electron chi connectivity index (χ1n) is 10.8. The van der Waals surface area contributed by atoms with Gasteiger partial charge in [-0.15, -0.1) is 24.8 Å². The Morgan fingerprint density at radius 1 is 1.06 bits per heavy atom. The number of hydrogen-bond acceptors (Lipinski definition) is 5. The fourth-order valence-corrected chi connectivity index (χ4v) is 4.27. The van der Waals surface area contributed by atoms with Crippen molar-refractivity contribution in [3.63, 3.8) is 0 Å². The smallest absolute Gasteiger partial charge is 0.276 e. The van der Waals surface area contributed by atoms with Gasteiger partial charge in [-0.1, -0.05) is 36.8 Å². The molecule has 174 valence electrons. The number of aliphatic imine (C=N–C) groups is 1. The van der Waals surface area contributed by atoms with E-state index in [2.05, 4.69) is 42.6 Å². The minimum absolute atomic E-state index is 0. The third-order valence-corrected chi connectivity index (χ3v) is 5.87. The zero-order valence-corrected chi connectivity index (χ0v) is 19.8. The number of benzene rings is 1. The van der Waals surface area contributed by atoms with E-state index in [9.17, 15) is 4.79 Å². The molecule has 0 aliphatic carbocycles. The number of guanidine groups is 1. The maximum Gasteiger partial charge on any atom is 0.276 e. The molecule has 7 nitrogen and oxygen atoms in total. The van der Waals surface area contributed by atoms with Crippen LogP contribution in [0.1, 0.15) is 36.4 Å². The number of halogens is 2. The Kier molecular flexibility index (Phi) is 8.49. The molecular formula is C24H28Cl2N6O. The maximum atomic E-state index is 12.6. The van der Waals surface area contributed by atoms with Gasteiger partial charge in [0.25, 0.3) is 5.91 Å². The van der Waals surface area contributed by atoms with Crippen LogP contribution in [0, 0.1) is 0 Å². The number of rotatable bonds is 5. The van der Waals surface area contributed by atoms with Gasteiger partial charge in [0.2, 0.25) is 5.96 Å². The predicted molar refractivity (Wildman–Crippen MR) is 137 cm³/mol. The molecule has 3 aromatic rings. The number of hydrogen-bond donors (Lipinski definition) is 3. The van der Waals surface area contributed by atoms with Gasteiger partial charge in [0.1, 0.15) is 11.3 Å². The van der Waals surface area contributed by atoms with Crippen molar-refractivity contribution in [1.82, 2.24) is 25.5 Å². The summed E-state index contributed by atoms with van der Waals surface area (Å²) in [5.41, 5.74) is 3.26. The molecule has 0 bridgehead atoms. The first-order chi connectivity index (χ1) is 15.3. The van der Waals surface area contributed by atoms with E-state index in [1.54, 1.807) is 12.3 Å². The lowest BCUT2D eigenvalue weighted by molar-refractivity contribution is -0.115. The molecule has 9 heteroatoms. The first kappa shape index (κ1) is 24.8. The normalized spacial score (nSPS) is 18.2. The Morgan fingerprint density at radius 2 is 1.85 bits per heavy atom. The number of fused-ring (bicyclic) bond motifs is 1. The fraction of sp³-hybridized carbons (Fsp3) is 0.292. The summed E-state index contributed by atoms with van der Waals surface area (Å²) in [4.78, 5) is 27.1. The average molecular weight is 487 g/mol. The highest BCUT2D eigenvalue weighted by Gasteiger charge is 2.25. The molecule has 1 atom stereocenters. The highest BCUT2D eigenvalue weighted by Crippen LogP contribution is 2.21. The molecule has 2 aliphatic rings. The average Bonchev–Trinajstić information content (AvgIpc) is 3.38. The summed E-state index contributed by atoms with van der Waals surface area (Å²) in [5.74, 6) is 0.297. The molecule has 4 heterocycles. The molecule has 0 spiro atoms. The Bertz CT molecular complexity index is 1140. The zero-order valence-electron chi connectivity index (χ0n) is 18.2. The Labute approximate surface area is 205 Å². The van der Waals surface area contributed by atoms with Crippen LogP contribution >= 0.6 is 24.8 Å². The standard InChI is InChI=1S/C24H26N6O.2ClH/c31-23-20(14-18-15-26-22-19(18)10-7-11-25-22)27-24(29-23)28-21(17-8-3-1-4-9-17)16-30-12-5-2-6-13-30;;/h1,3-4,7-11,14-15,21H,2,5-6,12-13,16H2,(H,25,26)(H2,27,28,29,31);2*1H/b20-14-;;/t21-;;/m1../s1. The van der Waals surface area contributed by atoms with E-state index in [-0.39, 0.29) is 36.8 Å². The van der Waals surface area contributed by atoms with Crippen LogP contribution in [-0.2, 0) is 4.79 Å². The third-order valence-electron chi connectivity index (χ3n) is 5.87. The molecule has 1 aromatic carbocycles. The van der Waals surface area contributed by atoms with Gasteiger partial charge in [-0.05, 0) is 49.7 Å². The summed E-state index contributed by atoms with van der Waals surface area (Å²) in [6, 6.07) is 14.3. The summed E-state index contributed by atoms with van der Waals surface area (Å²) >= 11 is 0. The SMILES string of the molecule is Cl.Cl.O=C1NC(N[C@H](CN2CCCCC2)c2ccccc2)=N/C1=C\c1c[nH]c2ncccc12. The van der Waals surface area contributed by atoms with Gasteiger partial charge in [-0.2, -0.15) is 0 Å². The van der Waals surface area contributed by atoms with Crippen LogP contribution in [0.2, 0.25) is 0 Å². The van der Waals surface area contributed by atoms with Crippen LogP contribution in [0.3, 0.4) is 0 Å². The second kappa shape index (κ2) is 11.3. The number of aromatic nitrogens is 2. The highest BCUT2D eigenvalue weighted by molar-refractivity contribution is 6.14. The van der Waals surface area contributed by atoms with Gasteiger partial charge >= 0.3 is 0 Å². The molecule has 2 aromatic heterocycles. The van der Waals surface area contributed by atoms with Crippen molar-refractivity contribution in [1.29, 1.82) is 0 Å². The van der Waals surface area contributed by atoms with Gasteiger partial charge in [0.15, 0.2) is 0 Å². The number of H-pyrrole nitrogens is 1. The van der Waals surface area contributed by atoms with Gasteiger partial charge in [-0.3, -0.25) is 10.1 Å². The lowest BCUT2D eigenvalue weighted by Crippen LogP contribution is -2.44. The molecule has 1 saturated heterocycles. The van der Waals surface area contributed by atoms with Crippen LogP contribution in [0.5, 0.6) is 0 Å². The molecule has 0 saturated carbocycles. The topological polar surface area (TPSA) is 85.4 Å². The van der Waals surface area contributed by atoms with Gasteiger partial charge in [-0.25, -0.2) is 9.98 Å². The lowest BCUT2D eigenvalue weighted by Gasteiger charge is -2.31. The number of aromatic amines is 1. The first-order valence-corrected chi connectivity index (χ1v) is 10.8. The fourth-order valence-electron chi connectivity index (χ4n) is 4.27. The van der Waals surface area contributed by atoms with E-state index < -0.39 is 0 Å². The molecule has 1 fully saturated rings. The molecule has 5 rings (SSSR count). The van der Waals surface area contributed by atoms with Crippen LogP contribution < -0.4 is 10.6 Å². The Morgan fingerprint density at radius 3 is 2.64 bits per heavy atom. The monoisotopic (exact) mass is 486 g/mol. The predicted octanol–water partition coefficient (Wildman–Crippen LogP) is 4.05. The van der Waals surface area contributed by atoms with E-state index in [1.807, 2.05) is 36.5 Å². The quantitative estimate of drug-likeness (QED) is 0.474. The number of likely N-dealkylation sites (tertiary alicyclic amines) is 1. The van der Waals surface area contributed by atoms with E-state index in [1.165, 1.54) is 24.8 Å². The van der Waals surface area contributed by atoms with E-state index in [4.69, 9.17) is 0 Å². The molecule has 0 unspecified atom stereocenters. The van der Waals surface area contributed by atoms with Crippen molar-refractivity contribution in [3.05, 3.63) is 71.7 Å². The maximum absolute atomic E-state index is 12.6. The second-order valence-corrected chi connectivity index (χ2v) is 8.06. The van der Waals surface area contributed by atoms with Crippen molar-refractivity contribution in [3.8, 4) is 0 Å². The number of carbonyl (C=O) groups is 1. The summed E-state index contributed by atoms with van der Waals surface area (Å²) in [5, 5.41) is 7.33. The minimum Gasteiger partial charge on any atom is -0.348 e. The molecule has 1 amide bonds. The van der Waals surface area contributed by atoms with Crippen molar-refractivity contribution in [2.75, 3.05) is 19.6 Å². The molecule has 33 heavy (non-hydrogen) atoms. The summed E-state index contributed by atoms with van der Waals surface area (Å²) in [7, 11) is 0. The third kappa shape index (κ3) is 5.74. The van der Waals surface area contributed by atoms with Crippen LogP contribution in [-0.4, -0.2) is 46.4 Å². The zero-order chi connectivity index (χ0) is 21.0. The van der Waals surface area contributed by atoms with Gasteiger partial charge in [0.05, 0.1) is 6.04 Å². The number of pyridine rings is 1. The number of nitrogens with one attached hydrogen (secondary N) is 3. The van der Waals surface area contributed by atoms with Crippen molar-refractivity contribution >= 4 is 53.8 Å². The Hall–Kier alpha value is -2.87. The van der Waals surface area contributed by atoms with Gasteiger partial charge < -0.3 is 15.2 Å². The van der Waals surface area contributed by atoms with E-state index >= 15 is 0 Å². The highest BCUT2D eigenvalue weighted by atomic mass is 35.5. The minimum atomic E-state index is -0.203. The largest absolute Gasteiger partial charge is 0.348 e. The van der Waals surface area contributed by atoms with E-state index in [0.717, 1.165) is 36.2 Å².